The van der Waals surface area contributed by atoms with E-state index in [1.165, 1.54) is 0 Å². The van der Waals surface area contributed by atoms with Gasteiger partial charge in [0, 0.05) is 32.4 Å². The van der Waals surface area contributed by atoms with E-state index in [1.807, 2.05) is 83.4 Å². The normalized spacial score (nSPS) is 10.8. The molecule has 0 amide bonds. The summed E-state index contributed by atoms with van der Waals surface area (Å²) in [6.07, 6.45) is 0. The van der Waals surface area contributed by atoms with Crippen molar-refractivity contribution < 1.29 is 9.53 Å². The number of halogens is 2. The van der Waals surface area contributed by atoms with Gasteiger partial charge in [0.25, 0.3) is 0 Å². The topological polar surface area (TPSA) is 57.0 Å². The maximum Gasteiger partial charge on any atom is 0.227 e. The first kappa shape index (κ1) is 24.1. The summed E-state index contributed by atoms with van der Waals surface area (Å²) in [5.41, 5.74) is 3.14. The molecule has 8 heteroatoms. The van der Waals surface area contributed by atoms with Crippen molar-refractivity contribution in [3.8, 4) is 22.8 Å². The van der Waals surface area contributed by atoms with Crippen molar-refractivity contribution in [2.24, 2.45) is 0 Å². The molecule has 178 valence electrons. The van der Waals surface area contributed by atoms with Gasteiger partial charge in [0.2, 0.25) is 10.3 Å². The van der Waals surface area contributed by atoms with Crippen molar-refractivity contribution in [3.05, 3.63) is 124 Å². The summed E-state index contributed by atoms with van der Waals surface area (Å²) < 4.78 is 7.78. The lowest BCUT2D eigenvalue weighted by Gasteiger charge is -2.11. The number of ether oxygens (including phenoxy) is 1. The molecule has 0 aliphatic carbocycles. The summed E-state index contributed by atoms with van der Waals surface area (Å²) in [7, 11) is 0. The SMILES string of the molecule is O=C(Sc1nnc(-c2ccc(OCc3ccccc3Cl)cc2)n1-c1ccccc1)c1ccc(Cl)cc1. The van der Waals surface area contributed by atoms with Crippen molar-refractivity contribution in [2.45, 2.75) is 11.8 Å². The molecule has 5 nitrogen and oxygen atoms in total. The number of hydrogen-bond acceptors (Lipinski definition) is 5. The van der Waals surface area contributed by atoms with Gasteiger partial charge in [-0.15, -0.1) is 10.2 Å². The summed E-state index contributed by atoms with van der Waals surface area (Å²) >= 11 is 13.2. The molecule has 4 aromatic carbocycles. The predicted octanol–water partition coefficient (Wildman–Crippen LogP) is 7.75. The van der Waals surface area contributed by atoms with E-state index in [4.69, 9.17) is 27.9 Å². The van der Waals surface area contributed by atoms with Crippen LogP contribution in [0.4, 0.5) is 0 Å². The third-order valence-electron chi connectivity index (χ3n) is 5.38. The van der Waals surface area contributed by atoms with Crippen molar-refractivity contribution in [2.75, 3.05) is 0 Å². The molecule has 0 aliphatic heterocycles. The van der Waals surface area contributed by atoms with Crippen LogP contribution in [0.3, 0.4) is 0 Å². The number of aromatic nitrogens is 3. The van der Waals surface area contributed by atoms with E-state index in [0.29, 0.717) is 38.9 Å². The Hall–Kier alpha value is -3.58. The second kappa shape index (κ2) is 11.0. The first-order valence-electron chi connectivity index (χ1n) is 11.0. The molecule has 0 bridgehead atoms. The third kappa shape index (κ3) is 5.46. The Morgan fingerprint density at radius 3 is 2.22 bits per heavy atom. The van der Waals surface area contributed by atoms with Crippen LogP contribution in [0.2, 0.25) is 10.0 Å². The van der Waals surface area contributed by atoms with E-state index in [0.717, 1.165) is 28.6 Å². The fourth-order valence-corrected chi connectivity index (χ4v) is 4.64. The largest absolute Gasteiger partial charge is 0.489 e. The number of para-hydroxylation sites is 1. The van der Waals surface area contributed by atoms with Crippen LogP contribution in [0.1, 0.15) is 15.9 Å². The van der Waals surface area contributed by atoms with Gasteiger partial charge in [-0.25, -0.2) is 0 Å². The van der Waals surface area contributed by atoms with Crippen molar-refractivity contribution >= 4 is 40.1 Å². The van der Waals surface area contributed by atoms with Crippen LogP contribution < -0.4 is 4.74 Å². The molecule has 0 spiro atoms. The minimum atomic E-state index is -0.147. The number of rotatable bonds is 7. The van der Waals surface area contributed by atoms with Gasteiger partial charge in [-0.05, 0) is 78.5 Å². The maximum atomic E-state index is 12.9. The standard InChI is InChI=1S/C28H19Cl2N3O2S/c29-22-14-10-20(11-15-22)27(34)36-28-32-31-26(33(28)23-7-2-1-3-8-23)19-12-16-24(17-13-19)35-18-21-6-4-5-9-25(21)30/h1-17H,18H2. The molecule has 1 heterocycles. The molecule has 0 unspecified atom stereocenters. The summed E-state index contributed by atoms with van der Waals surface area (Å²) in [6.45, 7) is 0.368. The molecule has 0 aliphatic rings. The third-order valence-corrected chi connectivity index (χ3v) is 6.86. The molecule has 5 rings (SSSR count). The van der Waals surface area contributed by atoms with E-state index in [2.05, 4.69) is 10.2 Å². The molecule has 0 atom stereocenters. The van der Waals surface area contributed by atoms with E-state index < -0.39 is 0 Å². The fourth-order valence-electron chi connectivity index (χ4n) is 3.54. The second-order valence-corrected chi connectivity index (χ2v) is 9.56. The molecule has 0 saturated carbocycles. The number of carbonyl (C=O) groups is 1. The van der Waals surface area contributed by atoms with E-state index in [1.54, 1.807) is 24.3 Å². The van der Waals surface area contributed by atoms with Crippen LogP contribution in [-0.4, -0.2) is 19.9 Å². The van der Waals surface area contributed by atoms with Crippen LogP contribution >= 0.6 is 35.0 Å². The molecule has 1 aromatic heterocycles. The minimum Gasteiger partial charge on any atom is -0.489 e. The number of hydrogen-bond donors (Lipinski definition) is 0. The Labute approximate surface area is 222 Å². The molecule has 5 aromatic rings. The smallest absolute Gasteiger partial charge is 0.227 e. The van der Waals surface area contributed by atoms with Gasteiger partial charge in [-0.1, -0.05) is 59.6 Å². The summed E-state index contributed by atoms with van der Waals surface area (Å²) in [5.74, 6) is 1.32. The van der Waals surface area contributed by atoms with Crippen LogP contribution in [-0.2, 0) is 6.61 Å². The lowest BCUT2D eigenvalue weighted by Crippen LogP contribution is -2.02. The van der Waals surface area contributed by atoms with Crippen LogP contribution in [0.15, 0.2) is 108 Å². The average Bonchev–Trinajstić information content (AvgIpc) is 3.33. The van der Waals surface area contributed by atoms with Gasteiger partial charge < -0.3 is 4.74 Å². The van der Waals surface area contributed by atoms with Crippen LogP contribution in [0, 0.1) is 0 Å². The fraction of sp³-hybridized carbons (Fsp3) is 0.0357. The van der Waals surface area contributed by atoms with Gasteiger partial charge in [-0.2, -0.15) is 0 Å². The van der Waals surface area contributed by atoms with Gasteiger partial charge in [0.1, 0.15) is 12.4 Å². The Kier molecular flexibility index (Phi) is 7.37. The molecule has 0 N–H and O–H groups in total. The van der Waals surface area contributed by atoms with Crippen LogP contribution in [0.5, 0.6) is 5.75 Å². The molecule has 0 radical (unpaired) electrons. The van der Waals surface area contributed by atoms with E-state index >= 15 is 0 Å². The van der Waals surface area contributed by atoms with Gasteiger partial charge >= 0.3 is 0 Å². The molecular weight excluding hydrogens is 513 g/mol. The summed E-state index contributed by atoms with van der Waals surface area (Å²) in [5, 5.41) is 10.3. The maximum absolute atomic E-state index is 12.9. The predicted molar refractivity (Wildman–Crippen MR) is 144 cm³/mol. The van der Waals surface area contributed by atoms with E-state index in [-0.39, 0.29) is 5.12 Å². The summed E-state index contributed by atoms with van der Waals surface area (Å²) in [6, 6.07) is 31.7. The highest BCUT2D eigenvalue weighted by molar-refractivity contribution is 8.14. The highest BCUT2D eigenvalue weighted by Crippen LogP contribution is 2.31. The Bertz CT molecular complexity index is 1490. The monoisotopic (exact) mass is 531 g/mol. The van der Waals surface area contributed by atoms with Crippen molar-refractivity contribution in [1.82, 2.24) is 14.8 Å². The zero-order valence-electron chi connectivity index (χ0n) is 18.8. The molecule has 36 heavy (non-hydrogen) atoms. The van der Waals surface area contributed by atoms with Gasteiger partial charge in [0.05, 0.1) is 0 Å². The Morgan fingerprint density at radius 1 is 0.806 bits per heavy atom. The second-order valence-electron chi connectivity index (χ2n) is 7.78. The number of nitrogens with zero attached hydrogens (tertiary/aromatic N) is 3. The zero-order valence-corrected chi connectivity index (χ0v) is 21.2. The molecule has 0 saturated heterocycles. The van der Waals surface area contributed by atoms with Crippen molar-refractivity contribution in [3.63, 3.8) is 0 Å². The lowest BCUT2D eigenvalue weighted by molar-refractivity contribution is 0.108. The van der Waals surface area contributed by atoms with Gasteiger partial charge in [0.15, 0.2) is 5.82 Å². The Balaban J connectivity index is 1.42. The summed E-state index contributed by atoms with van der Waals surface area (Å²) in [4.78, 5) is 12.9. The van der Waals surface area contributed by atoms with Crippen molar-refractivity contribution in [1.29, 1.82) is 0 Å². The number of thioether (sulfide) groups is 1. The van der Waals surface area contributed by atoms with E-state index in [9.17, 15) is 4.79 Å². The minimum absolute atomic E-state index is 0.147. The first-order chi connectivity index (χ1) is 17.6. The first-order valence-corrected chi connectivity index (χ1v) is 12.6. The highest BCUT2D eigenvalue weighted by atomic mass is 35.5. The lowest BCUT2D eigenvalue weighted by atomic mass is 10.2. The number of benzene rings is 4. The highest BCUT2D eigenvalue weighted by Gasteiger charge is 2.20. The zero-order chi connectivity index (χ0) is 24.9. The number of carbonyl (C=O) groups excluding carboxylic acids is 1. The quantitative estimate of drug-likeness (QED) is 0.201. The van der Waals surface area contributed by atoms with Gasteiger partial charge in [-0.3, -0.25) is 9.36 Å². The molecule has 0 fully saturated rings. The van der Waals surface area contributed by atoms with Crippen LogP contribution in [0.25, 0.3) is 17.1 Å². The molecular formula is C28H19Cl2N3O2S. The average molecular weight is 532 g/mol. The Morgan fingerprint density at radius 2 is 1.50 bits per heavy atom.